The summed E-state index contributed by atoms with van der Waals surface area (Å²) in [7, 11) is -4.26. The molecule has 0 heterocycles. The fraction of sp³-hybridized carbons (Fsp3) is 0. The summed E-state index contributed by atoms with van der Waals surface area (Å²) in [5.74, 6) is 0. The molecule has 0 amide bonds. The van der Waals surface area contributed by atoms with Gasteiger partial charge < -0.3 is 14.4 Å². The molecule has 0 aromatic heterocycles. The van der Waals surface area contributed by atoms with Crippen LogP contribution in [-0.4, -0.2) is 23.2 Å². The monoisotopic (exact) mass is 232 g/mol. The highest BCUT2D eigenvalue weighted by Gasteiger charge is 2.32. The standard InChI is InChI=1S/C12H12O3Si/c13-16(14,15)12-9-5-4-8-11(12)10-6-2-1-3-7-10/h1-9,13-15H. The normalized spacial score (nSPS) is 11.4. The van der Waals surface area contributed by atoms with Crippen LogP contribution in [0.2, 0.25) is 0 Å². The summed E-state index contributed by atoms with van der Waals surface area (Å²) in [5.41, 5.74) is 1.51. The van der Waals surface area contributed by atoms with Crippen LogP contribution in [0.25, 0.3) is 11.1 Å². The van der Waals surface area contributed by atoms with Crippen molar-refractivity contribution in [3.05, 3.63) is 54.6 Å². The molecule has 0 aliphatic heterocycles. The summed E-state index contributed by atoms with van der Waals surface area (Å²) in [6.07, 6.45) is 0. The van der Waals surface area contributed by atoms with Crippen molar-refractivity contribution in [1.82, 2.24) is 0 Å². The Balaban J connectivity index is 2.58. The van der Waals surface area contributed by atoms with E-state index < -0.39 is 8.80 Å². The highest BCUT2D eigenvalue weighted by molar-refractivity contribution is 6.73. The van der Waals surface area contributed by atoms with Gasteiger partial charge in [0.25, 0.3) is 0 Å². The second-order valence-corrected chi connectivity index (χ2v) is 5.36. The summed E-state index contributed by atoms with van der Waals surface area (Å²) in [6.45, 7) is 0. The molecule has 0 saturated carbocycles. The Bertz CT molecular complexity index is 477. The van der Waals surface area contributed by atoms with Gasteiger partial charge in [0.05, 0.1) is 0 Å². The summed E-state index contributed by atoms with van der Waals surface area (Å²) in [4.78, 5) is 28.1. The average molecular weight is 232 g/mol. The van der Waals surface area contributed by atoms with Gasteiger partial charge in [0, 0.05) is 5.19 Å². The minimum Gasteiger partial charge on any atom is -0.386 e. The molecule has 0 spiro atoms. The second kappa shape index (κ2) is 4.19. The number of hydrogen-bond acceptors (Lipinski definition) is 3. The molecule has 0 unspecified atom stereocenters. The van der Waals surface area contributed by atoms with E-state index in [2.05, 4.69) is 0 Å². The Morgan fingerprint density at radius 3 is 1.88 bits per heavy atom. The van der Waals surface area contributed by atoms with Crippen LogP contribution in [0.3, 0.4) is 0 Å². The van der Waals surface area contributed by atoms with Crippen molar-refractivity contribution in [2.45, 2.75) is 0 Å². The molecular formula is C12H12O3Si. The molecule has 2 rings (SSSR count). The Morgan fingerprint density at radius 1 is 0.688 bits per heavy atom. The third-order valence-electron chi connectivity index (χ3n) is 2.37. The topological polar surface area (TPSA) is 60.7 Å². The van der Waals surface area contributed by atoms with Crippen molar-refractivity contribution in [3.8, 4) is 11.1 Å². The van der Waals surface area contributed by atoms with Crippen LogP contribution in [-0.2, 0) is 0 Å². The van der Waals surface area contributed by atoms with Crippen molar-refractivity contribution >= 4 is 14.0 Å². The van der Waals surface area contributed by atoms with E-state index in [-0.39, 0.29) is 5.19 Å². The maximum Gasteiger partial charge on any atom is 0.529 e. The van der Waals surface area contributed by atoms with Gasteiger partial charge in [-0.15, -0.1) is 0 Å². The number of benzene rings is 2. The first-order chi connectivity index (χ1) is 7.59. The molecule has 0 aliphatic rings. The van der Waals surface area contributed by atoms with Gasteiger partial charge in [-0.05, 0) is 11.1 Å². The van der Waals surface area contributed by atoms with Gasteiger partial charge in [-0.3, -0.25) is 0 Å². The molecule has 82 valence electrons. The average Bonchev–Trinajstić information content (AvgIpc) is 2.29. The number of rotatable bonds is 2. The van der Waals surface area contributed by atoms with Crippen molar-refractivity contribution in [3.63, 3.8) is 0 Å². The van der Waals surface area contributed by atoms with E-state index in [4.69, 9.17) is 0 Å². The first-order valence-electron chi connectivity index (χ1n) is 4.91. The first-order valence-corrected chi connectivity index (χ1v) is 6.75. The third-order valence-corrected chi connectivity index (χ3v) is 3.53. The quantitative estimate of drug-likeness (QED) is 0.660. The van der Waals surface area contributed by atoms with E-state index in [1.165, 1.54) is 6.07 Å². The van der Waals surface area contributed by atoms with E-state index in [9.17, 15) is 14.4 Å². The molecule has 0 aliphatic carbocycles. The van der Waals surface area contributed by atoms with Crippen LogP contribution < -0.4 is 5.19 Å². The molecule has 2 aromatic carbocycles. The molecule has 16 heavy (non-hydrogen) atoms. The SMILES string of the molecule is O[Si](O)(O)c1ccccc1-c1ccccc1. The van der Waals surface area contributed by atoms with Crippen molar-refractivity contribution in [2.75, 3.05) is 0 Å². The summed E-state index contributed by atoms with van der Waals surface area (Å²) in [6, 6.07) is 16.1. The predicted octanol–water partition coefficient (Wildman–Crippen LogP) is 0.476. The lowest BCUT2D eigenvalue weighted by Gasteiger charge is -2.14. The minimum absolute atomic E-state index is 0.209. The largest absolute Gasteiger partial charge is 0.529 e. The van der Waals surface area contributed by atoms with Crippen LogP contribution in [0.4, 0.5) is 0 Å². The maximum atomic E-state index is 9.38. The third kappa shape index (κ3) is 2.20. The van der Waals surface area contributed by atoms with Crippen LogP contribution in [0.15, 0.2) is 54.6 Å². The lowest BCUT2D eigenvalue weighted by Crippen LogP contribution is -2.49. The van der Waals surface area contributed by atoms with E-state index in [0.717, 1.165) is 5.56 Å². The van der Waals surface area contributed by atoms with Crippen LogP contribution in [0.5, 0.6) is 0 Å². The van der Waals surface area contributed by atoms with Crippen molar-refractivity contribution in [2.24, 2.45) is 0 Å². The van der Waals surface area contributed by atoms with Gasteiger partial charge in [0.1, 0.15) is 0 Å². The van der Waals surface area contributed by atoms with Gasteiger partial charge >= 0.3 is 8.80 Å². The summed E-state index contributed by atoms with van der Waals surface area (Å²) >= 11 is 0. The Morgan fingerprint density at radius 2 is 1.25 bits per heavy atom. The molecule has 4 heteroatoms. The summed E-state index contributed by atoms with van der Waals surface area (Å²) < 4.78 is 0. The Labute approximate surface area is 94.6 Å². The molecule has 0 saturated heterocycles. The van der Waals surface area contributed by atoms with E-state index in [0.29, 0.717) is 5.56 Å². The van der Waals surface area contributed by atoms with Gasteiger partial charge in [-0.1, -0.05) is 54.6 Å². The molecule has 3 N–H and O–H groups in total. The first kappa shape index (κ1) is 11.0. The zero-order valence-electron chi connectivity index (χ0n) is 8.54. The Kier molecular flexibility index (Phi) is 2.89. The van der Waals surface area contributed by atoms with Gasteiger partial charge in [-0.25, -0.2) is 0 Å². The smallest absolute Gasteiger partial charge is 0.386 e. The second-order valence-electron chi connectivity index (χ2n) is 3.55. The fourth-order valence-corrected chi connectivity index (χ4v) is 2.55. The maximum absolute atomic E-state index is 9.38. The van der Waals surface area contributed by atoms with Gasteiger partial charge in [0.2, 0.25) is 0 Å². The van der Waals surface area contributed by atoms with E-state index in [1.54, 1.807) is 18.2 Å². The van der Waals surface area contributed by atoms with Crippen LogP contribution in [0, 0.1) is 0 Å². The Hall–Kier alpha value is -1.46. The summed E-state index contributed by atoms with van der Waals surface area (Å²) in [5, 5.41) is 0.209. The minimum atomic E-state index is -4.26. The molecule has 0 bridgehead atoms. The highest BCUT2D eigenvalue weighted by Crippen LogP contribution is 2.17. The predicted molar refractivity (Wildman–Crippen MR) is 63.9 cm³/mol. The van der Waals surface area contributed by atoms with Crippen LogP contribution in [0.1, 0.15) is 0 Å². The molecule has 0 radical (unpaired) electrons. The molecular weight excluding hydrogens is 220 g/mol. The lowest BCUT2D eigenvalue weighted by atomic mass is 10.1. The van der Waals surface area contributed by atoms with Crippen molar-refractivity contribution < 1.29 is 14.4 Å². The molecule has 0 fully saturated rings. The van der Waals surface area contributed by atoms with E-state index in [1.807, 2.05) is 30.3 Å². The van der Waals surface area contributed by atoms with Crippen molar-refractivity contribution in [1.29, 1.82) is 0 Å². The highest BCUT2D eigenvalue weighted by atomic mass is 28.4. The molecule has 3 nitrogen and oxygen atoms in total. The fourth-order valence-electron chi connectivity index (χ4n) is 1.65. The van der Waals surface area contributed by atoms with Gasteiger partial charge in [-0.2, -0.15) is 0 Å². The number of hydrogen-bond donors (Lipinski definition) is 3. The zero-order valence-corrected chi connectivity index (χ0v) is 9.54. The van der Waals surface area contributed by atoms with Gasteiger partial charge in [0.15, 0.2) is 0 Å². The van der Waals surface area contributed by atoms with Crippen LogP contribution >= 0.6 is 0 Å². The lowest BCUT2D eigenvalue weighted by molar-refractivity contribution is 0.250. The molecule has 2 aromatic rings. The van der Waals surface area contributed by atoms with E-state index >= 15 is 0 Å². The zero-order chi connectivity index (χ0) is 11.6. The molecule has 0 atom stereocenters.